The predicted octanol–water partition coefficient (Wildman–Crippen LogP) is 0.494. The van der Waals surface area contributed by atoms with Crippen LogP contribution in [-0.2, 0) is 9.53 Å². The van der Waals surface area contributed by atoms with Gasteiger partial charge in [0.1, 0.15) is 9.67 Å². The van der Waals surface area contributed by atoms with Crippen LogP contribution in [0.4, 0.5) is 0 Å². The summed E-state index contributed by atoms with van der Waals surface area (Å²) >= 11 is 1.86. The molecule has 0 saturated carbocycles. The third kappa shape index (κ3) is 3.84. The van der Waals surface area contributed by atoms with Gasteiger partial charge in [0, 0.05) is 12.7 Å². The molecule has 0 aliphatic rings. The van der Waals surface area contributed by atoms with Crippen LogP contribution in [0.5, 0.6) is 5.75 Å². The lowest BCUT2D eigenvalue weighted by Gasteiger charge is -2.09. The predicted molar refractivity (Wildman–Crippen MR) is 68.1 cm³/mol. The zero-order valence-electron chi connectivity index (χ0n) is 9.01. The lowest BCUT2D eigenvalue weighted by Crippen LogP contribution is -2.33. The number of nitrogens with one attached hydrogen (secondary N) is 1. The van der Waals surface area contributed by atoms with Gasteiger partial charge in [-0.15, -0.1) is 0 Å². The van der Waals surface area contributed by atoms with E-state index in [0.29, 0.717) is 0 Å². The number of rotatable bonds is 4. The highest BCUT2D eigenvalue weighted by atomic mass is 127. The molecule has 1 amide bonds. The van der Waals surface area contributed by atoms with E-state index in [-0.39, 0.29) is 17.9 Å². The number of carbonyl (C=O) groups excluding carboxylic acids is 2. The van der Waals surface area contributed by atoms with Crippen LogP contribution in [0.1, 0.15) is 10.4 Å². The molecule has 2 N–H and O–H groups in total. The number of pyridine rings is 1. The molecule has 0 saturated heterocycles. The van der Waals surface area contributed by atoms with E-state index in [9.17, 15) is 14.7 Å². The Morgan fingerprint density at radius 2 is 2.35 bits per heavy atom. The molecular weight excluding hydrogens is 339 g/mol. The van der Waals surface area contributed by atoms with Gasteiger partial charge < -0.3 is 15.2 Å². The Kier molecular flexibility index (Phi) is 5.13. The van der Waals surface area contributed by atoms with Gasteiger partial charge in [0.05, 0.1) is 18.9 Å². The van der Waals surface area contributed by atoms with Crippen molar-refractivity contribution in [3.8, 4) is 5.75 Å². The van der Waals surface area contributed by atoms with Crippen molar-refractivity contribution >= 4 is 34.5 Å². The Morgan fingerprint density at radius 3 is 2.94 bits per heavy atom. The number of hydrogen-bond donors (Lipinski definition) is 2. The minimum atomic E-state index is -0.467. The van der Waals surface area contributed by atoms with Crippen molar-refractivity contribution in [3.63, 3.8) is 0 Å². The van der Waals surface area contributed by atoms with Crippen LogP contribution in [0.2, 0.25) is 0 Å². The molecule has 1 heterocycles. The molecule has 1 unspecified atom stereocenters. The first kappa shape index (κ1) is 13.7. The van der Waals surface area contributed by atoms with E-state index in [1.165, 1.54) is 25.6 Å². The summed E-state index contributed by atoms with van der Waals surface area (Å²) in [6.07, 6.45) is 2.58. The average molecular weight is 350 g/mol. The Balaban J connectivity index is 2.57. The van der Waals surface area contributed by atoms with Gasteiger partial charge in [-0.2, -0.15) is 0 Å². The molecule has 6 nitrogen and oxygen atoms in total. The number of ether oxygens (including phenoxy) is 1. The molecule has 0 aliphatic carbocycles. The lowest BCUT2D eigenvalue weighted by molar-refractivity contribution is -0.139. The van der Waals surface area contributed by atoms with Crippen molar-refractivity contribution in [1.82, 2.24) is 10.3 Å². The van der Waals surface area contributed by atoms with Crippen molar-refractivity contribution in [1.29, 1.82) is 0 Å². The molecule has 0 fully saturated rings. The highest BCUT2D eigenvalue weighted by molar-refractivity contribution is 14.1. The summed E-state index contributed by atoms with van der Waals surface area (Å²) in [4.78, 5) is 26.4. The van der Waals surface area contributed by atoms with Crippen LogP contribution in [0.25, 0.3) is 0 Å². The molecule has 0 radical (unpaired) electrons. The number of halogens is 1. The lowest BCUT2D eigenvalue weighted by atomic mass is 10.2. The van der Waals surface area contributed by atoms with Crippen LogP contribution < -0.4 is 5.32 Å². The number of aromatic nitrogens is 1. The van der Waals surface area contributed by atoms with Crippen LogP contribution >= 0.6 is 22.6 Å². The maximum Gasteiger partial charge on any atom is 0.320 e. The van der Waals surface area contributed by atoms with Crippen LogP contribution in [-0.4, -0.2) is 39.5 Å². The summed E-state index contributed by atoms with van der Waals surface area (Å²) in [6.45, 7) is 0.133. The summed E-state index contributed by atoms with van der Waals surface area (Å²) in [5.41, 5.74) is 0.119. The van der Waals surface area contributed by atoms with Gasteiger partial charge in [0.2, 0.25) is 0 Å². The zero-order valence-corrected chi connectivity index (χ0v) is 11.2. The first-order valence-corrected chi connectivity index (χ1v) is 5.94. The first-order valence-electron chi connectivity index (χ1n) is 4.69. The van der Waals surface area contributed by atoms with Crippen molar-refractivity contribution in [2.75, 3.05) is 13.7 Å². The van der Waals surface area contributed by atoms with E-state index < -0.39 is 15.8 Å². The first-order chi connectivity index (χ1) is 8.06. The fourth-order valence-corrected chi connectivity index (χ4v) is 1.54. The molecule has 1 rings (SSSR count). The van der Waals surface area contributed by atoms with Crippen molar-refractivity contribution in [2.24, 2.45) is 0 Å². The molecule has 0 bridgehead atoms. The smallest absolute Gasteiger partial charge is 0.320 e. The minimum Gasteiger partial charge on any atom is -0.505 e. The SMILES string of the molecule is COC(=O)C(I)CNC(=O)c1ccncc1O. The van der Waals surface area contributed by atoms with Crippen LogP contribution in [0, 0.1) is 0 Å². The molecule has 0 aliphatic heterocycles. The Morgan fingerprint density at radius 1 is 1.65 bits per heavy atom. The molecule has 7 heteroatoms. The number of esters is 1. The van der Waals surface area contributed by atoms with E-state index in [0.717, 1.165) is 0 Å². The van der Waals surface area contributed by atoms with Crippen LogP contribution in [0.15, 0.2) is 18.5 Å². The second kappa shape index (κ2) is 6.38. The monoisotopic (exact) mass is 350 g/mol. The molecule has 92 valence electrons. The highest BCUT2D eigenvalue weighted by Gasteiger charge is 2.17. The average Bonchev–Trinajstić information content (AvgIpc) is 2.35. The fraction of sp³-hybridized carbons (Fsp3) is 0.300. The largest absolute Gasteiger partial charge is 0.505 e. The summed E-state index contributed by atoms with van der Waals surface area (Å²) in [5.74, 6) is -1.08. The summed E-state index contributed by atoms with van der Waals surface area (Å²) in [5, 5.41) is 11.9. The molecular formula is C10H11IN2O4. The highest BCUT2D eigenvalue weighted by Crippen LogP contribution is 2.13. The summed E-state index contributed by atoms with van der Waals surface area (Å²) in [7, 11) is 1.28. The third-order valence-electron chi connectivity index (χ3n) is 1.94. The van der Waals surface area contributed by atoms with Gasteiger partial charge in [0.25, 0.3) is 5.91 Å². The number of nitrogens with zero attached hydrogens (tertiary/aromatic N) is 1. The molecule has 1 aromatic heterocycles. The van der Waals surface area contributed by atoms with Gasteiger partial charge in [-0.05, 0) is 6.07 Å². The molecule has 0 spiro atoms. The summed E-state index contributed by atoms with van der Waals surface area (Å²) < 4.78 is 4.05. The quantitative estimate of drug-likeness (QED) is 0.469. The fourth-order valence-electron chi connectivity index (χ4n) is 1.07. The molecule has 1 atom stereocenters. The number of alkyl halides is 1. The number of hydrogen-bond acceptors (Lipinski definition) is 5. The maximum absolute atomic E-state index is 11.6. The Labute approximate surface area is 112 Å². The second-order valence-electron chi connectivity index (χ2n) is 3.09. The van der Waals surface area contributed by atoms with Crippen molar-refractivity contribution < 1.29 is 19.4 Å². The molecule has 17 heavy (non-hydrogen) atoms. The molecule has 1 aromatic rings. The number of carbonyl (C=O) groups is 2. The standard InChI is InChI=1S/C10H11IN2O4/c1-17-10(16)7(11)4-13-9(15)6-2-3-12-5-8(6)14/h2-3,5,7,14H,4H2,1H3,(H,13,15). The minimum absolute atomic E-state index is 0.119. The van der Waals surface area contributed by atoms with E-state index >= 15 is 0 Å². The Bertz CT molecular complexity index is 425. The zero-order chi connectivity index (χ0) is 12.8. The van der Waals surface area contributed by atoms with E-state index in [2.05, 4.69) is 15.0 Å². The van der Waals surface area contributed by atoms with Gasteiger partial charge in [-0.3, -0.25) is 14.6 Å². The normalized spacial score (nSPS) is 11.6. The summed E-state index contributed by atoms with van der Waals surface area (Å²) in [6, 6.07) is 1.39. The Hall–Kier alpha value is -1.38. The molecule has 0 aromatic carbocycles. The van der Waals surface area contributed by atoms with Gasteiger partial charge in [0.15, 0.2) is 0 Å². The second-order valence-corrected chi connectivity index (χ2v) is 4.60. The van der Waals surface area contributed by atoms with Crippen molar-refractivity contribution in [2.45, 2.75) is 3.92 Å². The number of aromatic hydroxyl groups is 1. The number of amides is 1. The van der Waals surface area contributed by atoms with Gasteiger partial charge >= 0.3 is 5.97 Å². The van der Waals surface area contributed by atoms with E-state index in [1.54, 1.807) is 0 Å². The maximum atomic E-state index is 11.6. The van der Waals surface area contributed by atoms with Gasteiger partial charge in [-0.1, -0.05) is 22.6 Å². The van der Waals surface area contributed by atoms with E-state index in [4.69, 9.17) is 0 Å². The van der Waals surface area contributed by atoms with Crippen LogP contribution in [0.3, 0.4) is 0 Å². The van der Waals surface area contributed by atoms with Crippen molar-refractivity contribution in [3.05, 3.63) is 24.0 Å². The third-order valence-corrected chi connectivity index (χ3v) is 2.89. The topological polar surface area (TPSA) is 88.5 Å². The van der Waals surface area contributed by atoms with E-state index in [1.807, 2.05) is 22.6 Å². The number of methoxy groups -OCH3 is 1. The van der Waals surface area contributed by atoms with Gasteiger partial charge in [-0.25, -0.2) is 0 Å².